The molecule has 0 amide bonds. The highest BCUT2D eigenvalue weighted by Crippen LogP contribution is 2.26. The Labute approximate surface area is 118 Å². The Morgan fingerprint density at radius 3 is 2.79 bits per heavy atom. The predicted molar refractivity (Wildman–Crippen MR) is 71.9 cm³/mol. The fourth-order valence-electron chi connectivity index (χ4n) is 1.61. The Bertz CT molecular complexity index is 461. The Kier molecular flexibility index (Phi) is 6.49. The third-order valence-corrected chi connectivity index (χ3v) is 2.91. The van der Waals surface area contributed by atoms with Gasteiger partial charge in [0.25, 0.3) is 0 Å². The molecule has 0 aliphatic rings. The molecule has 0 heterocycles. The van der Waals surface area contributed by atoms with Crippen LogP contribution in [0.5, 0.6) is 5.75 Å². The molecule has 1 aromatic rings. The van der Waals surface area contributed by atoms with Crippen molar-refractivity contribution in [3.8, 4) is 5.75 Å². The van der Waals surface area contributed by atoms with Crippen molar-refractivity contribution in [1.82, 2.24) is 0 Å². The molecular weight excluding hydrogens is 322 g/mol. The zero-order chi connectivity index (χ0) is 14.3. The van der Waals surface area contributed by atoms with Gasteiger partial charge in [-0.25, -0.2) is 4.79 Å². The Balaban J connectivity index is 3.11. The van der Waals surface area contributed by atoms with E-state index in [4.69, 9.17) is 5.11 Å². The first kappa shape index (κ1) is 15.6. The summed E-state index contributed by atoms with van der Waals surface area (Å²) in [5.41, 5.74) is 1.15. The van der Waals surface area contributed by atoms with Crippen molar-refractivity contribution < 1.29 is 23.4 Å². The second kappa shape index (κ2) is 7.89. The molecular formula is C13H13BrF2O3. The van der Waals surface area contributed by atoms with Gasteiger partial charge in [-0.15, -0.1) is 0 Å². The topological polar surface area (TPSA) is 46.5 Å². The van der Waals surface area contributed by atoms with Crippen LogP contribution in [0.1, 0.15) is 17.5 Å². The lowest BCUT2D eigenvalue weighted by Crippen LogP contribution is -2.05. The minimum absolute atomic E-state index is 0.0143. The molecule has 0 saturated heterocycles. The smallest absolute Gasteiger partial charge is 0.387 e. The van der Waals surface area contributed by atoms with Crippen LogP contribution >= 0.6 is 15.9 Å². The van der Waals surface area contributed by atoms with Crippen LogP contribution in [-0.4, -0.2) is 23.0 Å². The Morgan fingerprint density at radius 2 is 2.21 bits per heavy atom. The van der Waals surface area contributed by atoms with Crippen LogP contribution in [0, 0.1) is 0 Å². The van der Waals surface area contributed by atoms with Crippen molar-refractivity contribution in [3.63, 3.8) is 0 Å². The summed E-state index contributed by atoms with van der Waals surface area (Å²) in [5, 5.41) is 9.40. The number of hydrogen-bond acceptors (Lipinski definition) is 2. The van der Waals surface area contributed by atoms with Gasteiger partial charge in [-0.3, -0.25) is 0 Å². The molecule has 0 atom stereocenters. The molecule has 1 N–H and O–H groups in total. The monoisotopic (exact) mass is 334 g/mol. The average molecular weight is 335 g/mol. The number of rotatable bonds is 7. The molecule has 19 heavy (non-hydrogen) atoms. The van der Waals surface area contributed by atoms with E-state index < -0.39 is 12.6 Å². The van der Waals surface area contributed by atoms with Gasteiger partial charge in [0, 0.05) is 17.0 Å². The lowest BCUT2D eigenvalue weighted by Gasteiger charge is -2.12. The molecule has 0 aliphatic heterocycles. The summed E-state index contributed by atoms with van der Waals surface area (Å²) in [6, 6.07) is 4.77. The van der Waals surface area contributed by atoms with E-state index in [0.29, 0.717) is 12.0 Å². The second-order valence-electron chi connectivity index (χ2n) is 3.67. The number of ether oxygens (including phenoxy) is 1. The highest BCUT2D eigenvalue weighted by atomic mass is 79.9. The highest BCUT2D eigenvalue weighted by Gasteiger charge is 2.11. The fourth-order valence-corrected chi connectivity index (χ4v) is 1.89. The molecule has 0 fully saturated rings. The minimum atomic E-state index is -2.94. The lowest BCUT2D eigenvalue weighted by molar-refractivity contribution is -0.131. The van der Waals surface area contributed by atoms with Crippen LogP contribution < -0.4 is 4.74 Å². The van der Waals surface area contributed by atoms with Gasteiger partial charge in [0.2, 0.25) is 0 Å². The molecule has 0 aliphatic carbocycles. The Hall–Kier alpha value is -1.43. The van der Waals surface area contributed by atoms with Crippen LogP contribution in [0.2, 0.25) is 0 Å². The van der Waals surface area contributed by atoms with E-state index in [9.17, 15) is 13.6 Å². The van der Waals surface area contributed by atoms with Gasteiger partial charge in [0.15, 0.2) is 0 Å². The summed E-state index contributed by atoms with van der Waals surface area (Å²) in [6.07, 6.45) is 3.64. The van der Waals surface area contributed by atoms with Crippen LogP contribution in [0.3, 0.4) is 0 Å². The van der Waals surface area contributed by atoms with Gasteiger partial charge in [-0.05, 0) is 30.5 Å². The van der Waals surface area contributed by atoms with Gasteiger partial charge in [-0.2, -0.15) is 8.78 Å². The van der Waals surface area contributed by atoms with Gasteiger partial charge in [-0.1, -0.05) is 28.1 Å². The number of carboxylic acid groups (broad SMARTS) is 1. The zero-order valence-electron chi connectivity index (χ0n) is 9.98. The van der Waals surface area contributed by atoms with Gasteiger partial charge in [0.1, 0.15) is 5.75 Å². The molecule has 104 valence electrons. The molecule has 3 nitrogen and oxygen atoms in total. The number of benzene rings is 1. The summed E-state index contributed by atoms with van der Waals surface area (Å²) < 4.78 is 29.0. The SMILES string of the molecule is O=C(O)/C=C/c1c(CCCBr)cccc1OC(F)F. The van der Waals surface area contributed by atoms with E-state index in [0.717, 1.165) is 23.4 Å². The first-order valence-corrected chi connectivity index (χ1v) is 6.70. The summed E-state index contributed by atoms with van der Waals surface area (Å²) >= 11 is 3.29. The fraction of sp³-hybridized carbons (Fsp3) is 0.308. The number of alkyl halides is 3. The molecule has 0 aromatic heterocycles. The van der Waals surface area contributed by atoms with Crippen molar-refractivity contribution in [2.45, 2.75) is 19.5 Å². The number of aryl methyl sites for hydroxylation is 1. The van der Waals surface area contributed by atoms with E-state index in [1.807, 2.05) is 0 Å². The van der Waals surface area contributed by atoms with Gasteiger partial charge in [0.05, 0.1) is 0 Å². The minimum Gasteiger partial charge on any atom is -0.478 e. The largest absolute Gasteiger partial charge is 0.478 e. The molecule has 6 heteroatoms. The Morgan fingerprint density at radius 1 is 1.47 bits per heavy atom. The first-order valence-electron chi connectivity index (χ1n) is 5.58. The number of carbonyl (C=O) groups is 1. The number of aliphatic carboxylic acids is 1. The van der Waals surface area contributed by atoms with Crippen molar-refractivity contribution in [1.29, 1.82) is 0 Å². The molecule has 1 rings (SSSR count). The highest BCUT2D eigenvalue weighted by molar-refractivity contribution is 9.09. The van der Waals surface area contributed by atoms with E-state index in [1.54, 1.807) is 12.1 Å². The van der Waals surface area contributed by atoms with Crippen molar-refractivity contribution in [2.24, 2.45) is 0 Å². The van der Waals surface area contributed by atoms with E-state index in [-0.39, 0.29) is 5.75 Å². The summed E-state index contributed by atoms with van der Waals surface area (Å²) in [7, 11) is 0. The molecule has 0 bridgehead atoms. The quantitative estimate of drug-likeness (QED) is 0.610. The predicted octanol–water partition coefficient (Wildman–Crippen LogP) is 3.71. The average Bonchev–Trinajstić information content (AvgIpc) is 2.34. The summed E-state index contributed by atoms with van der Waals surface area (Å²) in [5.74, 6) is -1.15. The van der Waals surface area contributed by atoms with Crippen molar-refractivity contribution in [2.75, 3.05) is 5.33 Å². The zero-order valence-corrected chi connectivity index (χ0v) is 11.6. The van der Waals surface area contributed by atoms with Crippen LogP contribution in [0.25, 0.3) is 6.08 Å². The third-order valence-electron chi connectivity index (χ3n) is 2.34. The van der Waals surface area contributed by atoms with E-state index >= 15 is 0 Å². The van der Waals surface area contributed by atoms with Gasteiger partial charge >= 0.3 is 12.6 Å². The molecule has 1 aromatic carbocycles. The van der Waals surface area contributed by atoms with Crippen LogP contribution in [-0.2, 0) is 11.2 Å². The third kappa shape index (κ3) is 5.38. The lowest BCUT2D eigenvalue weighted by atomic mass is 10.0. The maximum atomic E-state index is 12.3. The number of carboxylic acids is 1. The molecule has 0 spiro atoms. The maximum Gasteiger partial charge on any atom is 0.387 e. The van der Waals surface area contributed by atoms with Crippen molar-refractivity contribution in [3.05, 3.63) is 35.4 Å². The number of hydrogen-bond donors (Lipinski definition) is 1. The molecule has 0 radical (unpaired) electrons. The summed E-state index contributed by atoms with van der Waals surface area (Å²) in [6.45, 7) is -2.94. The first-order chi connectivity index (χ1) is 9.04. The second-order valence-corrected chi connectivity index (χ2v) is 4.46. The molecule has 0 unspecified atom stereocenters. The van der Waals surface area contributed by atoms with E-state index in [1.165, 1.54) is 12.1 Å². The van der Waals surface area contributed by atoms with Crippen molar-refractivity contribution >= 4 is 28.0 Å². The standard InChI is InChI=1S/C13H13BrF2O3/c14-8-2-4-9-3-1-5-11(19-13(15)16)10(9)6-7-12(17)18/h1,3,5-7,13H,2,4,8H2,(H,17,18)/b7-6+. The van der Waals surface area contributed by atoms with Gasteiger partial charge < -0.3 is 9.84 Å². The normalized spacial score (nSPS) is 11.2. The maximum absolute atomic E-state index is 12.3. The van der Waals surface area contributed by atoms with E-state index in [2.05, 4.69) is 20.7 Å². The number of halogens is 3. The van der Waals surface area contributed by atoms with Crippen LogP contribution in [0.15, 0.2) is 24.3 Å². The van der Waals surface area contributed by atoms with Crippen LogP contribution in [0.4, 0.5) is 8.78 Å². The summed E-state index contributed by atoms with van der Waals surface area (Å²) in [4.78, 5) is 10.5. The molecule has 0 saturated carbocycles.